The molecule has 3 aliphatic rings. The highest BCUT2D eigenvalue weighted by molar-refractivity contribution is 6.46. The van der Waals surface area contributed by atoms with Crippen LogP contribution in [0.5, 0.6) is 0 Å². The fourth-order valence-electron chi connectivity index (χ4n) is 3.77. The van der Waals surface area contributed by atoms with Crippen LogP contribution in [0.2, 0.25) is 5.54 Å². The van der Waals surface area contributed by atoms with Gasteiger partial charge in [-0.1, -0.05) is 31.4 Å². The molecule has 116 valence electrons. The molecule has 2 atom stereocenters. The Morgan fingerprint density at radius 1 is 0.850 bits per heavy atom. The van der Waals surface area contributed by atoms with Crippen molar-refractivity contribution in [1.29, 1.82) is 0 Å². The van der Waals surface area contributed by atoms with Crippen LogP contribution < -0.4 is 0 Å². The Balaban J connectivity index is 0.000000173. The zero-order chi connectivity index (χ0) is 14.2. The highest BCUT2D eigenvalue weighted by Gasteiger charge is 2.27. The standard InChI is InChI=1S/C10H22O2Si.C7H10/c1-3-11-13(12-4-2)10-8-6-5-7-9-10;1-2-7-4-3-6(1)5-7/h10,13H,3-9H2,1-2H3;1-2,6-7H,3-5H2. The summed E-state index contributed by atoms with van der Waals surface area (Å²) in [6, 6.07) is 0. The van der Waals surface area contributed by atoms with Crippen LogP contribution in [0.3, 0.4) is 0 Å². The van der Waals surface area contributed by atoms with Gasteiger partial charge in [0.1, 0.15) is 0 Å². The molecule has 3 heteroatoms. The molecular formula is C17H32O2Si. The summed E-state index contributed by atoms with van der Waals surface area (Å²) >= 11 is 0. The lowest BCUT2D eigenvalue weighted by Gasteiger charge is -2.27. The summed E-state index contributed by atoms with van der Waals surface area (Å²) in [4.78, 5) is 0. The second-order valence-electron chi connectivity index (χ2n) is 6.40. The van der Waals surface area contributed by atoms with Crippen LogP contribution in [0.1, 0.15) is 65.2 Å². The Hall–Kier alpha value is -0.123. The minimum atomic E-state index is -1.32. The Kier molecular flexibility index (Phi) is 7.32. The van der Waals surface area contributed by atoms with Crippen molar-refractivity contribution in [2.45, 2.75) is 70.8 Å². The van der Waals surface area contributed by atoms with E-state index >= 15 is 0 Å². The van der Waals surface area contributed by atoms with E-state index in [1.807, 2.05) is 0 Å². The van der Waals surface area contributed by atoms with Crippen LogP contribution in [0.15, 0.2) is 12.2 Å². The molecule has 2 nitrogen and oxygen atoms in total. The average Bonchev–Trinajstić information content (AvgIpc) is 3.14. The van der Waals surface area contributed by atoms with E-state index in [2.05, 4.69) is 26.0 Å². The fourth-order valence-corrected chi connectivity index (χ4v) is 6.09. The molecule has 0 saturated heterocycles. The van der Waals surface area contributed by atoms with Gasteiger partial charge in [0, 0.05) is 13.2 Å². The number of hydrogen-bond acceptors (Lipinski definition) is 2. The predicted octanol–water partition coefficient (Wildman–Crippen LogP) is 4.59. The van der Waals surface area contributed by atoms with Crippen LogP contribution in [0, 0.1) is 11.8 Å². The van der Waals surface area contributed by atoms with Crippen molar-refractivity contribution in [2.75, 3.05) is 13.2 Å². The molecule has 2 unspecified atom stereocenters. The third-order valence-electron chi connectivity index (χ3n) is 4.87. The van der Waals surface area contributed by atoms with E-state index in [1.54, 1.807) is 0 Å². The van der Waals surface area contributed by atoms with Gasteiger partial charge in [0.25, 0.3) is 0 Å². The first-order valence-electron chi connectivity index (χ1n) is 8.75. The molecule has 0 aromatic heterocycles. The summed E-state index contributed by atoms with van der Waals surface area (Å²) in [5.74, 6) is 1.98. The van der Waals surface area contributed by atoms with Gasteiger partial charge in [-0.15, -0.1) is 0 Å². The normalized spacial score (nSPS) is 28.8. The highest BCUT2D eigenvalue weighted by atomic mass is 28.3. The summed E-state index contributed by atoms with van der Waals surface area (Å²) in [5.41, 5.74) is 0.786. The lowest BCUT2D eigenvalue weighted by Crippen LogP contribution is -2.30. The van der Waals surface area contributed by atoms with E-state index in [0.717, 1.165) is 30.6 Å². The minimum absolute atomic E-state index is 0.786. The zero-order valence-electron chi connectivity index (χ0n) is 13.4. The van der Waals surface area contributed by atoms with Gasteiger partial charge >= 0.3 is 9.28 Å². The first kappa shape index (κ1) is 16.3. The van der Waals surface area contributed by atoms with Gasteiger partial charge in [-0.3, -0.25) is 0 Å². The highest BCUT2D eigenvalue weighted by Crippen LogP contribution is 2.38. The van der Waals surface area contributed by atoms with E-state index in [9.17, 15) is 0 Å². The fraction of sp³-hybridized carbons (Fsp3) is 0.882. The second kappa shape index (κ2) is 9.01. The molecular weight excluding hydrogens is 264 g/mol. The van der Waals surface area contributed by atoms with E-state index in [4.69, 9.17) is 8.85 Å². The SMILES string of the molecule is C1=CC2CCC1C2.CCO[SiH](OCC)C1CCCCC1. The maximum atomic E-state index is 5.74. The van der Waals surface area contributed by atoms with E-state index in [0.29, 0.717) is 0 Å². The second-order valence-corrected chi connectivity index (χ2v) is 8.74. The molecule has 0 aliphatic heterocycles. The van der Waals surface area contributed by atoms with Gasteiger partial charge in [-0.2, -0.15) is 0 Å². The first-order valence-corrected chi connectivity index (χ1v) is 10.4. The third kappa shape index (κ3) is 5.01. The lowest BCUT2D eigenvalue weighted by molar-refractivity contribution is 0.196. The number of rotatable bonds is 5. The molecule has 0 amide bonds. The molecule has 0 radical (unpaired) electrons. The number of fused-ring (bicyclic) bond motifs is 2. The average molecular weight is 297 g/mol. The maximum Gasteiger partial charge on any atom is 0.324 e. The van der Waals surface area contributed by atoms with Crippen LogP contribution in [-0.2, 0) is 8.85 Å². The summed E-state index contributed by atoms with van der Waals surface area (Å²) in [5, 5.41) is 0. The van der Waals surface area contributed by atoms with E-state index < -0.39 is 9.28 Å². The summed E-state index contributed by atoms with van der Waals surface area (Å²) in [6.45, 7) is 5.80. The van der Waals surface area contributed by atoms with Gasteiger partial charge < -0.3 is 8.85 Å². The Morgan fingerprint density at radius 3 is 1.75 bits per heavy atom. The molecule has 0 aromatic carbocycles. The van der Waals surface area contributed by atoms with Gasteiger partial charge in [-0.05, 0) is 63.3 Å². The Morgan fingerprint density at radius 2 is 1.40 bits per heavy atom. The summed E-state index contributed by atoms with van der Waals surface area (Å²) in [6.07, 6.45) is 16.1. The van der Waals surface area contributed by atoms with Crippen molar-refractivity contribution in [1.82, 2.24) is 0 Å². The van der Waals surface area contributed by atoms with Crippen molar-refractivity contribution in [3.8, 4) is 0 Å². The molecule has 0 N–H and O–H groups in total. The molecule has 0 heterocycles. The lowest BCUT2D eigenvalue weighted by atomic mass is 10.0. The quantitative estimate of drug-likeness (QED) is 0.546. The predicted molar refractivity (Wildman–Crippen MR) is 87.2 cm³/mol. The number of allylic oxidation sites excluding steroid dienone is 2. The minimum Gasteiger partial charge on any atom is -0.397 e. The Labute approximate surface area is 126 Å². The molecule has 2 bridgehead atoms. The monoisotopic (exact) mass is 296 g/mol. The summed E-state index contributed by atoms with van der Waals surface area (Å²) < 4.78 is 11.5. The molecule has 2 fully saturated rings. The van der Waals surface area contributed by atoms with Crippen LogP contribution in [-0.4, -0.2) is 22.5 Å². The van der Waals surface area contributed by atoms with Gasteiger partial charge in [0.15, 0.2) is 0 Å². The zero-order valence-corrected chi connectivity index (χ0v) is 14.5. The largest absolute Gasteiger partial charge is 0.397 e. The van der Waals surface area contributed by atoms with Crippen LogP contribution >= 0.6 is 0 Å². The third-order valence-corrected chi connectivity index (χ3v) is 7.63. The molecule has 3 aliphatic carbocycles. The Bertz CT molecular complexity index is 269. The first-order chi connectivity index (χ1) is 9.83. The van der Waals surface area contributed by atoms with Crippen molar-refractivity contribution >= 4 is 9.28 Å². The molecule has 2 saturated carbocycles. The molecule has 20 heavy (non-hydrogen) atoms. The van der Waals surface area contributed by atoms with E-state index in [1.165, 1.54) is 51.4 Å². The van der Waals surface area contributed by atoms with Crippen molar-refractivity contribution in [3.05, 3.63) is 12.2 Å². The molecule has 0 spiro atoms. The topological polar surface area (TPSA) is 18.5 Å². The van der Waals surface area contributed by atoms with Crippen LogP contribution in [0.4, 0.5) is 0 Å². The number of hydrogen-bond donors (Lipinski definition) is 0. The maximum absolute atomic E-state index is 5.74. The van der Waals surface area contributed by atoms with Gasteiger partial charge in [-0.25, -0.2) is 0 Å². The molecule has 0 aromatic rings. The van der Waals surface area contributed by atoms with E-state index in [-0.39, 0.29) is 0 Å². The van der Waals surface area contributed by atoms with Gasteiger partial charge in [0.2, 0.25) is 0 Å². The van der Waals surface area contributed by atoms with Crippen LogP contribution in [0.25, 0.3) is 0 Å². The van der Waals surface area contributed by atoms with Gasteiger partial charge in [0.05, 0.1) is 0 Å². The smallest absolute Gasteiger partial charge is 0.324 e. The summed E-state index contributed by atoms with van der Waals surface area (Å²) in [7, 11) is -1.32. The van der Waals surface area contributed by atoms with Crippen molar-refractivity contribution in [3.63, 3.8) is 0 Å². The van der Waals surface area contributed by atoms with Crippen molar-refractivity contribution < 1.29 is 8.85 Å². The van der Waals surface area contributed by atoms with Crippen molar-refractivity contribution in [2.24, 2.45) is 11.8 Å². The molecule has 3 rings (SSSR count).